The lowest BCUT2D eigenvalue weighted by molar-refractivity contribution is 0.0402. The van der Waals surface area contributed by atoms with E-state index < -0.39 is 17.8 Å². The molecule has 31 heavy (non-hydrogen) atoms. The first-order chi connectivity index (χ1) is 15.0. The van der Waals surface area contributed by atoms with Crippen LogP contribution in [0.3, 0.4) is 0 Å². The van der Waals surface area contributed by atoms with Crippen LogP contribution in [-0.2, 0) is 11.4 Å². The Morgan fingerprint density at radius 3 is 2.61 bits per heavy atom. The van der Waals surface area contributed by atoms with Crippen LogP contribution in [0, 0.1) is 11.6 Å². The zero-order valence-electron chi connectivity index (χ0n) is 16.5. The molecule has 0 saturated carbocycles. The van der Waals surface area contributed by atoms with Crippen LogP contribution in [0.5, 0.6) is 0 Å². The van der Waals surface area contributed by atoms with E-state index in [0.717, 1.165) is 5.56 Å². The molecule has 1 aliphatic heterocycles. The van der Waals surface area contributed by atoms with Crippen LogP contribution < -0.4 is 0 Å². The van der Waals surface area contributed by atoms with Gasteiger partial charge in [-0.2, -0.15) is 0 Å². The number of hydrogen-bond acceptors (Lipinski definition) is 3. The van der Waals surface area contributed by atoms with Gasteiger partial charge in [0.2, 0.25) is 0 Å². The summed E-state index contributed by atoms with van der Waals surface area (Å²) in [7, 11) is 0. The van der Waals surface area contributed by atoms with Gasteiger partial charge < -0.3 is 9.74 Å². The average molecular weight is 441 g/mol. The van der Waals surface area contributed by atoms with Gasteiger partial charge in [0.25, 0.3) is 5.91 Å². The van der Waals surface area contributed by atoms with Crippen molar-refractivity contribution in [2.75, 3.05) is 6.54 Å². The average Bonchev–Trinajstić information content (AvgIpc) is 3.23. The van der Waals surface area contributed by atoms with Gasteiger partial charge >= 0.3 is 0 Å². The van der Waals surface area contributed by atoms with Crippen molar-refractivity contribution >= 4 is 23.2 Å². The summed E-state index contributed by atoms with van der Waals surface area (Å²) in [6.07, 6.45) is -0.0518. The van der Waals surface area contributed by atoms with E-state index in [1.54, 1.807) is 30.3 Å². The van der Waals surface area contributed by atoms with Crippen LogP contribution >= 0.6 is 11.6 Å². The first-order valence-electron chi connectivity index (χ1n) is 9.77. The van der Waals surface area contributed by atoms with Gasteiger partial charge in [0.15, 0.2) is 6.10 Å². The molecule has 3 aromatic rings. The molecule has 0 radical (unpaired) electrons. The van der Waals surface area contributed by atoms with Gasteiger partial charge in [-0.05, 0) is 35.9 Å². The quantitative estimate of drug-likeness (QED) is 0.511. The number of carbonyl (C=O) groups is 1. The van der Waals surface area contributed by atoms with Gasteiger partial charge in [0.05, 0.1) is 17.8 Å². The second kappa shape index (κ2) is 9.27. The number of nitrogens with zero attached hydrogens (tertiary/aromatic N) is 2. The molecule has 0 spiro atoms. The van der Waals surface area contributed by atoms with Gasteiger partial charge in [-0.15, -0.1) is 0 Å². The van der Waals surface area contributed by atoms with Crippen molar-refractivity contribution in [2.45, 2.75) is 19.1 Å². The highest BCUT2D eigenvalue weighted by Gasteiger charge is 2.28. The molecule has 0 aliphatic carbocycles. The molecule has 0 bridgehead atoms. The molecular weight excluding hydrogens is 422 g/mol. The molecule has 7 heteroatoms. The molecule has 0 saturated heterocycles. The van der Waals surface area contributed by atoms with E-state index in [-0.39, 0.29) is 24.5 Å². The van der Waals surface area contributed by atoms with Crippen LogP contribution in [0.2, 0.25) is 5.02 Å². The van der Waals surface area contributed by atoms with Crippen molar-refractivity contribution in [3.63, 3.8) is 0 Å². The van der Waals surface area contributed by atoms with Crippen LogP contribution in [-0.4, -0.2) is 29.2 Å². The molecule has 4 rings (SSSR count). The Balaban J connectivity index is 1.54. The van der Waals surface area contributed by atoms with Crippen molar-refractivity contribution in [3.8, 4) is 0 Å². The van der Waals surface area contributed by atoms with E-state index in [2.05, 4.69) is 5.16 Å². The van der Waals surface area contributed by atoms with E-state index in [0.29, 0.717) is 22.7 Å². The lowest BCUT2D eigenvalue weighted by atomic mass is 10.0. The number of rotatable bonds is 6. The van der Waals surface area contributed by atoms with E-state index >= 15 is 0 Å². The zero-order chi connectivity index (χ0) is 21.8. The predicted octanol–water partition coefficient (Wildman–Crippen LogP) is 5.45. The monoisotopic (exact) mass is 440 g/mol. The fraction of sp³-hybridized carbons (Fsp3) is 0.167. The topological polar surface area (TPSA) is 41.9 Å². The number of carbonyl (C=O) groups excluding carboxylic acids is 1. The molecule has 0 aromatic heterocycles. The minimum Gasteiger partial charge on any atom is -0.390 e. The summed E-state index contributed by atoms with van der Waals surface area (Å²) >= 11 is 6.28. The second-order valence-electron chi connectivity index (χ2n) is 7.24. The Hall–Kier alpha value is -3.25. The number of amides is 1. The van der Waals surface area contributed by atoms with Crippen LogP contribution in [0.4, 0.5) is 8.78 Å². The molecule has 0 fully saturated rings. The Labute approximate surface area is 183 Å². The minimum atomic E-state index is -0.597. The highest BCUT2D eigenvalue weighted by Crippen LogP contribution is 2.23. The first kappa shape index (κ1) is 21.0. The maximum atomic E-state index is 14.3. The Morgan fingerprint density at radius 2 is 1.84 bits per heavy atom. The summed E-state index contributed by atoms with van der Waals surface area (Å²) in [4.78, 5) is 20.2. The maximum absolute atomic E-state index is 14.3. The lowest BCUT2D eigenvalue weighted by Gasteiger charge is -2.25. The van der Waals surface area contributed by atoms with Gasteiger partial charge in [0.1, 0.15) is 11.6 Å². The number of halogens is 3. The van der Waals surface area contributed by atoms with Crippen LogP contribution in [0.25, 0.3) is 0 Å². The fourth-order valence-electron chi connectivity index (χ4n) is 3.47. The molecule has 0 N–H and O–H groups in total. The summed E-state index contributed by atoms with van der Waals surface area (Å²) in [6, 6.07) is 19.1. The summed E-state index contributed by atoms with van der Waals surface area (Å²) in [6.45, 7) is 0.350. The van der Waals surface area contributed by atoms with Crippen molar-refractivity contribution < 1.29 is 18.4 Å². The SMILES string of the molecule is O=C(c1ccccc1F)N(Cc1ccccc1Cl)C[C@@H]1CC(c2cccc(F)c2)=NO1. The molecule has 158 valence electrons. The molecule has 3 aromatic carbocycles. The van der Waals surface area contributed by atoms with Gasteiger partial charge in [-0.3, -0.25) is 4.79 Å². The summed E-state index contributed by atoms with van der Waals surface area (Å²) in [5, 5.41) is 4.58. The summed E-state index contributed by atoms with van der Waals surface area (Å²) < 4.78 is 27.8. The van der Waals surface area contributed by atoms with Crippen molar-refractivity contribution in [2.24, 2.45) is 5.16 Å². The maximum Gasteiger partial charge on any atom is 0.257 e. The Morgan fingerprint density at radius 1 is 1.06 bits per heavy atom. The summed E-state index contributed by atoms with van der Waals surface area (Å²) in [5.74, 6) is -1.43. The largest absolute Gasteiger partial charge is 0.390 e. The van der Waals surface area contributed by atoms with Crippen LogP contribution in [0.1, 0.15) is 27.9 Å². The molecular formula is C24H19ClF2N2O2. The van der Waals surface area contributed by atoms with E-state index in [4.69, 9.17) is 16.4 Å². The highest BCUT2D eigenvalue weighted by molar-refractivity contribution is 6.31. The highest BCUT2D eigenvalue weighted by atomic mass is 35.5. The van der Waals surface area contributed by atoms with Gasteiger partial charge in [0, 0.05) is 23.6 Å². The van der Waals surface area contributed by atoms with Crippen LogP contribution in [0.15, 0.2) is 78.0 Å². The molecule has 1 heterocycles. The third-order valence-corrected chi connectivity index (χ3v) is 5.39. The normalized spacial score (nSPS) is 15.3. The predicted molar refractivity (Wildman–Crippen MR) is 115 cm³/mol. The number of benzene rings is 3. The van der Waals surface area contributed by atoms with E-state index in [9.17, 15) is 13.6 Å². The number of hydrogen-bond donors (Lipinski definition) is 0. The zero-order valence-corrected chi connectivity index (χ0v) is 17.2. The summed E-state index contributed by atoms with van der Waals surface area (Å²) in [5.41, 5.74) is 1.93. The lowest BCUT2D eigenvalue weighted by Crippen LogP contribution is -2.37. The smallest absolute Gasteiger partial charge is 0.257 e. The fourth-order valence-corrected chi connectivity index (χ4v) is 3.66. The van der Waals surface area contributed by atoms with Crippen molar-refractivity contribution in [1.29, 1.82) is 0 Å². The molecule has 1 atom stereocenters. The minimum absolute atomic E-state index is 0.0289. The molecule has 1 aliphatic rings. The first-order valence-corrected chi connectivity index (χ1v) is 10.1. The number of oxime groups is 1. The van der Waals surface area contributed by atoms with E-state index in [1.165, 1.54) is 35.2 Å². The van der Waals surface area contributed by atoms with Crippen molar-refractivity contribution in [3.05, 3.63) is 106 Å². The third kappa shape index (κ3) is 4.91. The second-order valence-corrected chi connectivity index (χ2v) is 7.64. The molecule has 4 nitrogen and oxygen atoms in total. The van der Waals surface area contributed by atoms with Gasteiger partial charge in [-0.25, -0.2) is 8.78 Å². The van der Waals surface area contributed by atoms with Crippen molar-refractivity contribution in [1.82, 2.24) is 4.90 Å². The molecule has 1 amide bonds. The molecule has 0 unspecified atom stereocenters. The Bertz CT molecular complexity index is 1140. The Kier molecular flexibility index (Phi) is 6.28. The standard InChI is InChI=1S/C24H19ClF2N2O2/c25-21-10-3-1-6-17(21)14-29(24(30)20-9-2-4-11-22(20)27)15-19-13-23(28-31-19)16-7-5-8-18(26)12-16/h1-12,19H,13-15H2/t19-/m0/s1. The van der Waals surface area contributed by atoms with Gasteiger partial charge in [-0.1, -0.05) is 59.2 Å². The third-order valence-electron chi connectivity index (χ3n) is 5.03. The van der Waals surface area contributed by atoms with E-state index in [1.807, 2.05) is 12.1 Å².